The molecule has 0 saturated carbocycles. The molecule has 3 aromatic carbocycles. The van der Waals surface area contributed by atoms with Crippen molar-refractivity contribution in [2.24, 2.45) is 0 Å². The number of aromatic hydroxyl groups is 1. The first-order valence-corrected chi connectivity index (χ1v) is 12.7. The van der Waals surface area contributed by atoms with Crippen LogP contribution >= 0.6 is 0 Å². The van der Waals surface area contributed by atoms with Crippen molar-refractivity contribution in [3.8, 4) is 5.75 Å². The van der Waals surface area contributed by atoms with Crippen molar-refractivity contribution in [3.63, 3.8) is 0 Å². The number of carboxylic acids is 1. The van der Waals surface area contributed by atoms with Crippen LogP contribution in [0.25, 0.3) is 0 Å². The van der Waals surface area contributed by atoms with Gasteiger partial charge < -0.3 is 35.2 Å². The van der Waals surface area contributed by atoms with Crippen LogP contribution in [0.15, 0.2) is 72.8 Å². The van der Waals surface area contributed by atoms with E-state index in [1.54, 1.807) is 12.1 Å². The normalized spacial score (nSPS) is 11.4. The van der Waals surface area contributed by atoms with Gasteiger partial charge in [-0.05, 0) is 53.8 Å². The second kappa shape index (κ2) is 18.1. The molecule has 8 heteroatoms. The molecule has 0 aromatic heterocycles. The van der Waals surface area contributed by atoms with Gasteiger partial charge in [-0.1, -0.05) is 60.7 Å². The van der Waals surface area contributed by atoms with Crippen LogP contribution in [0.1, 0.15) is 47.3 Å². The highest BCUT2D eigenvalue weighted by atomic mass is 16.5. The first-order chi connectivity index (χ1) is 18.4. The predicted octanol–water partition coefficient (Wildman–Crippen LogP) is 3.96. The number of rotatable bonds is 15. The lowest BCUT2D eigenvalue weighted by Gasteiger charge is -2.14. The van der Waals surface area contributed by atoms with E-state index in [1.165, 1.54) is 17.2 Å². The predicted molar refractivity (Wildman–Crippen MR) is 146 cm³/mol. The van der Waals surface area contributed by atoms with Gasteiger partial charge in [0, 0.05) is 32.2 Å². The summed E-state index contributed by atoms with van der Waals surface area (Å²) in [4.78, 5) is 9.00. The average molecular weight is 526 g/mol. The molecule has 0 aliphatic rings. The molecule has 3 aromatic rings. The molecule has 0 aliphatic heterocycles. The van der Waals surface area contributed by atoms with E-state index < -0.39 is 12.1 Å². The summed E-state index contributed by atoms with van der Waals surface area (Å²) in [5.74, 6) is -0.799. The van der Waals surface area contributed by atoms with Gasteiger partial charge in [0.25, 0.3) is 5.97 Å². The number of benzene rings is 3. The third-order valence-corrected chi connectivity index (χ3v) is 5.54. The second-order valence-electron chi connectivity index (χ2n) is 8.80. The molecule has 1 atom stereocenters. The van der Waals surface area contributed by atoms with Crippen LogP contribution < -0.4 is 5.32 Å². The zero-order valence-corrected chi connectivity index (χ0v) is 21.9. The number of nitrogens with one attached hydrogen (secondary N) is 1. The van der Waals surface area contributed by atoms with E-state index in [2.05, 4.69) is 35.6 Å². The van der Waals surface area contributed by atoms with Crippen molar-refractivity contribution in [2.75, 3.05) is 26.3 Å². The SMILES string of the molecule is CC(=O)O.OCc1cc([C@@H](O)CNCCc2cccc(COCCCOCc3ccccc3)c2)ccc1O. The number of ether oxygens (including phenoxy) is 2. The Labute approximate surface area is 224 Å². The summed E-state index contributed by atoms with van der Waals surface area (Å²) >= 11 is 0. The van der Waals surface area contributed by atoms with E-state index in [9.17, 15) is 15.3 Å². The van der Waals surface area contributed by atoms with Crippen molar-refractivity contribution in [3.05, 3.63) is 101 Å². The minimum Gasteiger partial charge on any atom is -0.508 e. The summed E-state index contributed by atoms with van der Waals surface area (Å²) in [7, 11) is 0. The Morgan fingerprint density at radius 1 is 0.895 bits per heavy atom. The van der Waals surface area contributed by atoms with Gasteiger partial charge in [0.1, 0.15) is 5.75 Å². The van der Waals surface area contributed by atoms with Gasteiger partial charge in [-0.2, -0.15) is 0 Å². The molecule has 38 heavy (non-hydrogen) atoms. The summed E-state index contributed by atoms with van der Waals surface area (Å²) < 4.78 is 11.5. The molecule has 206 valence electrons. The maximum Gasteiger partial charge on any atom is 0.300 e. The Balaban J connectivity index is 0.00000118. The number of carbonyl (C=O) groups is 1. The highest BCUT2D eigenvalue weighted by Gasteiger charge is 2.10. The average Bonchev–Trinajstić information content (AvgIpc) is 2.91. The van der Waals surface area contributed by atoms with E-state index in [1.807, 2.05) is 24.3 Å². The summed E-state index contributed by atoms with van der Waals surface area (Å²) in [6, 6.07) is 23.3. The minimum absolute atomic E-state index is 0.0339. The molecule has 0 unspecified atom stereocenters. The lowest BCUT2D eigenvalue weighted by molar-refractivity contribution is -0.134. The van der Waals surface area contributed by atoms with Gasteiger partial charge >= 0.3 is 0 Å². The van der Waals surface area contributed by atoms with Crippen molar-refractivity contribution in [2.45, 2.75) is 45.7 Å². The maximum atomic E-state index is 10.4. The molecule has 3 rings (SSSR count). The number of carboxylic acid groups (broad SMARTS) is 1. The molecule has 0 aliphatic carbocycles. The third kappa shape index (κ3) is 12.8. The van der Waals surface area contributed by atoms with Gasteiger partial charge in [-0.15, -0.1) is 0 Å². The van der Waals surface area contributed by atoms with Crippen LogP contribution in [0, 0.1) is 0 Å². The van der Waals surface area contributed by atoms with Crippen LogP contribution in [0.2, 0.25) is 0 Å². The molecule has 0 bridgehead atoms. The molecule has 0 amide bonds. The first kappa shape index (κ1) is 31.0. The van der Waals surface area contributed by atoms with Crippen LogP contribution in [-0.4, -0.2) is 52.7 Å². The van der Waals surface area contributed by atoms with Crippen LogP contribution in [0.5, 0.6) is 5.75 Å². The minimum atomic E-state index is -0.833. The van der Waals surface area contributed by atoms with Gasteiger partial charge in [-0.3, -0.25) is 4.79 Å². The zero-order valence-electron chi connectivity index (χ0n) is 21.9. The largest absolute Gasteiger partial charge is 0.508 e. The quantitative estimate of drug-likeness (QED) is 0.189. The Kier molecular flexibility index (Phi) is 14.7. The molecule has 8 nitrogen and oxygen atoms in total. The number of hydrogen-bond acceptors (Lipinski definition) is 7. The Bertz CT molecular complexity index is 1070. The van der Waals surface area contributed by atoms with E-state index in [4.69, 9.17) is 19.4 Å². The van der Waals surface area contributed by atoms with E-state index in [0.29, 0.717) is 44.1 Å². The van der Waals surface area contributed by atoms with Gasteiger partial charge in [0.2, 0.25) is 0 Å². The zero-order chi connectivity index (χ0) is 27.6. The monoisotopic (exact) mass is 525 g/mol. The second-order valence-corrected chi connectivity index (χ2v) is 8.80. The highest BCUT2D eigenvalue weighted by molar-refractivity contribution is 5.62. The number of aliphatic hydroxyl groups excluding tert-OH is 2. The van der Waals surface area contributed by atoms with Crippen LogP contribution in [0.4, 0.5) is 0 Å². The van der Waals surface area contributed by atoms with Gasteiger partial charge in [0.05, 0.1) is 25.9 Å². The summed E-state index contributed by atoms with van der Waals surface area (Å²) in [6.45, 7) is 4.49. The molecule has 0 radical (unpaired) electrons. The smallest absolute Gasteiger partial charge is 0.300 e. The molecule has 0 fully saturated rings. The van der Waals surface area contributed by atoms with Gasteiger partial charge in [-0.25, -0.2) is 0 Å². The number of aliphatic carboxylic acids is 1. The first-order valence-electron chi connectivity index (χ1n) is 12.7. The fourth-order valence-corrected chi connectivity index (χ4v) is 3.62. The molecule has 0 saturated heterocycles. The maximum absolute atomic E-state index is 10.4. The summed E-state index contributed by atoms with van der Waals surface area (Å²) in [6.07, 6.45) is 0.993. The summed E-state index contributed by atoms with van der Waals surface area (Å²) in [5.41, 5.74) is 4.61. The van der Waals surface area contributed by atoms with Gasteiger partial charge in [0.15, 0.2) is 0 Å². The molecular formula is C30H39NO7. The summed E-state index contributed by atoms with van der Waals surface area (Å²) in [5, 5.41) is 39.9. The van der Waals surface area contributed by atoms with E-state index >= 15 is 0 Å². The van der Waals surface area contributed by atoms with Crippen molar-refractivity contribution in [1.82, 2.24) is 5.32 Å². The van der Waals surface area contributed by atoms with E-state index in [0.717, 1.165) is 31.9 Å². The van der Waals surface area contributed by atoms with Crippen molar-refractivity contribution >= 4 is 5.97 Å². The Morgan fingerprint density at radius 3 is 2.21 bits per heavy atom. The topological polar surface area (TPSA) is 128 Å². The standard InChI is InChI=1S/C28H35NO5.C2H4O2/c30-19-26-17-25(10-11-27(26)31)28(32)18-29-13-12-22-8-4-9-24(16-22)21-34-15-5-14-33-20-23-6-2-1-3-7-23;1-2(3)4/h1-4,6-11,16-17,28-32H,5,12-15,18-21H2;1H3,(H,3,4)/t28-;/m0./s1. The Morgan fingerprint density at radius 2 is 1.53 bits per heavy atom. The fraction of sp³-hybridized carbons (Fsp3) is 0.367. The molecule has 0 spiro atoms. The van der Waals surface area contributed by atoms with Crippen molar-refractivity contribution in [1.29, 1.82) is 0 Å². The van der Waals surface area contributed by atoms with Crippen LogP contribution in [-0.2, 0) is 40.5 Å². The Hall–Kier alpha value is -3.27. The lowest BCUT2D eigenvalue weighted by atomic mass is 10.0. The number of hydrogen-bond donors (Lipinski definition) is 5. The fourth-order valence-electron chi connectivity index (χ4n) is 3.62. The lowest BCUT2D eigenvalue weighted by Crippen LogP contribution is -2.23. The third-order valence-electron chi connectivity index (χ3n) is 5.54. The molecule has 0 heterocycles. The van der Waals surface area contributed by atoms with E-state index in [-0.39, 0.29) is 12.4 Å². The molecule has 5 N–H and O–H groups in total. The number of aliphatic hydroxyl groups is 2. The van der Waals surface area contributed by atoms with Crippen molar-refractivity contribution < 1.29 is 34.7 Å². The van der Waals surface area contributed by atoms with Crippen LogP contribution in [0.3, 0.4) is 0 Å². The molecular weight excluding hydrogens is 486 g/mol. The number of phenols is 1. The highest BCUT2D eigenvalue weighted by Crippen LogP contribution is 2.22.